The Balaban J connectivity index is 1.84. The third-order valence-electron chi connectivity index (χ3n) is 3.94. The number of fused-ring (bicyclic) bond motifs is 1. The SMILES string of the molecule is CC(C)(C)OC(=O)Nc1cccc(Cn2ccc3cc(Br)c(F)cc3c2=O)c1. The lowest BCUT2D eigenvalue weighted by Crippen LogP contribution is -2.27. The number of pyridine rings is 1. The first-order chi connectivity index (χ1) is 13.1. The van der Waals surface area contributed by atoms with Crippen LogP contribution in [-0.4, -0.2) is 16.3 Å². The lowest BCUT2D eigenvalue weighted by atomic mass is 10.1. The molecule has 0 aliphatic carbocycles. The Morgan fingerprint density at radius 1 is 1.21 bits per heavy atom. The van der Waals surface area contributed by atoms with Gasteiger partial charge in [-0.15, -0.1) is 0 Å². The third kappa shape index (κ3) is 4.78. The lowest BCUT2D eigenvalue weighted by Gasteiger charge is -2.19. The number of halogens is 2. The van der Waals surface area contributed by atoms with Crippen LogP contribution in [0.15, 0.2) is 57.9 Å². The van der Waals surface area contributed by atoms with Crippen molar-refractivity contribution in [2.45, 2.75) is 32.9 Å². The predicted molar refractivity (Wildman–Crippen MR) is 111 cm³/mol. The number of nitrogens with zero attached hydrogens (tertiary/aromatic N) is 1. The smallest absolute Gasteiger partial charge is 0.412 e. The van der Waals surface area contributed by atoms with Gasteiger partial charge in [0.2, 0.25) is 0 Å². The van der Waals surface area contributed by atoms with Crippen molar-refractivity contribution in [2.75, 3.05) is 5.32 Å². The first kappa shape index (κ1) is 20.1. The van der Waals surface area contributed by atoms with E-state index in [9.17, 15) is 14.0 Å². The molecule has 0 aliphatic rings. The van der Waals surface area contributed by atoms with E-state index in [1.54, 1.807) is 57.3 Å². The van der Waals surface area contributed by atoms with Crippen LogP contribution in [0.3, 0.4) is 0 Å². The van der Waals surface area contributed by atoms with Gasteiger partial charge in [-0.25, -0.2) is 9.18 Å². The van der Waals surface area contributed by atoms with Crippen molar-refractivity contribution >= 4 is 38.5 Å². The maximum Gasteiger partial charge on any atom is 0.412 e. The molecule has 5 nitrogen and oxygen atoms in total. The molecule has 1 N–H and O–H groups in total. The highest BCUT2D eigenvalue weighted by molar-refractivity contribution is 9.10. The van der Waals surface area contributed by atoms with Gasteiger partial charge in [-0.2, -0.15) is 0 Å². The number of ether oxygens (including phenoxy) is 1. The topological polar surface area (TPSA) is 60.3 Å². The zero-order valence-corrected chi connectivity index (χ0v) is 17.3. The van der Waals surface area contributed by atoms with Crippen molar-refractivity contribution in [1.82, 2.24) is 4.57 Å². The highest BCUT2D eigenvalue weighted by atomic mass is 79.9. The van der Waals surface area contributed by atoms with E-state index < -0.39 is 17.5 Å². The van der Waals surface area contributed by atoms with E-state index in [0.29, 0.717) is 20.9 Å². The summed E-state index contributed by atoms with van der Waals surface area (Å²) in [5.74, 6) is -0.481. The molecular weight excluding hydrogens is 427 g/mol. The second-order valence-electron chi connectivity index (χ2n) is 7.43. The number of hydrogen-bond donors (Lipinski definition) is 1. The second kappa shape index (κ2) is 7.75. The molecule has 0 unspecified atom stereocenters. The van der Waals surface area contributed by atoms with Crippen LogP contribution >= 0.6 is 15.9 Å². The van der Waals surface area contributed by atoms with Gasteiger partial charge in [0.05, 0.1) is 16.4 Å². The van der Waals surface area contributed by atoms with Gasteiger partial charge < -0.3 is 9.30 Å². The molecule has 0 aliphatic heterocycles. The van der Waals surface area contributed by atoms with Crippen LogP contribution in [0.25, 0.3) is 10.8 Å². The Kier molecular flexibility index (Phi) is 5.56. The van der Waals surface area contributed by atoms with Gasteiger partial charge in [-0.05, 0) is 78.0 Å². The molecule has 146 valence electrons. The molecule has 0 atom stereocenters. The summed E-state index contributed by atoms with van der Waals surface area (Å²) in [5, 5.41) is 3.65. The van der Waals surface area contributed by atoms with E-state index in [0.717, 1.165) is 5.56 Å². The summed E-state index contributed by atoms with van der Waals surface area (Å²) in [7, 11) is 0. The number of amides is 1. The van der Waals surface area contributed by atoms with Crippen molar-refractivity contribution in [2.24, 2.45) is 0 Å². The molecule has 0 radical (unpaired) electrons. The summed E-state index contributed by atoms with van der Waals surface area (Å²) < 4.78 is 20.9. The number of hydrogen-bond acceptors (Lipinski definition) is 3. The Hall–Kier alpha value is -2.67. The molecule has 3 rings (SSSR count). The summed E-state index contributed by atoms with van der Waals surface area (Å²) in [6.45, 7) is 5.65. The number of carbonyl (C=O) groups is 1. The molecule has 2 aromatic carbocycles. The number of carbonyl (C=O) groups excluding carboxylic acids is 1. The van der Waals surface area contributed by atoms with Gasteiger partial charge in [0, 0.05) is 11.9 Å². The summed E-state index contributed by atoms with van der Waals surface area (Å²) in [5.41, 5.74) is 0.502. The predicted octanol–water partition coefficient (Wildman–Crippen LogP) is 5.30. The van der Waals surface area contributed by atoms with E-state index >= 15 is 0 Å². The van der Waals surface area contributed by atoms with Crippen molar-refractivity contribution in [3.05, 3.63) is 74.9 Å². The van der Waals surface area contributed by atoms with Crippen LogP contribution in [-0.2, 0) is 11.3 Å². The van der Waals surface area contributed by atoms with Gasteiger partial charge in [-0.3, -0.25) is 10.1 Å². The number of anilines is 1. The van der Waals surface area contributed by atoms with Crippen LogP contribution in [0, 0.1) is 5.82 Å². The maximum atomic E-state index is 13.8. The highest BCUT2D eigenvalue weighted by Gasteiger charge is 2.16. The molecule has 0 spiro atoms. The van der Waals surface area contributed by atoms with Crippen molar-refractivity contribution < 1.29 is 13.9 Å². The Morgan fingerprint density at radius 2 is 1.96 bits per heavy atom. The van der Waals surface area contributed by atoms with Crippen molar-refractivity contribution in [3.63, 3.8) is 0 Å². The van der Waals surface area contributed by atoms with Crippen LogP contribution < -0.4 is 10.9 Å². The Bertz CT molecular complexity index is 1100. The summed E-state index contributed by atoms with van der Waals surface area (Å²) >= 11 is 3.13. The van der Waals surface area contributed by atoms with Gasteiger partial charge in [0.15, 0.2) is 0 Å². The molecular formula is C21H20BrFN2O3. The normalized spacial score (nSPS) is 11.5. The number of rotatable bonds is 3. The minimum Gasteiger partial charge on any atom is -0.444 e. The monoisotopic (exact) mass is 446 g/mol. The maximum absolute atomic E-state index is 13.8. The van der Waals surface area contributed by atoms with Gasteiger partial charge >= 0.3 is 6.09 Å². The standard InChI is InChI=1S/C21H20BrFN2O3/c1-21(2,3)28-20(27)24-15-6-4-5-13(9-15)12-25-8-7-14-10-17(22)18(23)11-16(14)19(25)26/h4-11H,12H2,1-3H3,(H,24,27). The van der Waals surface area contributed by atoms with E-state index in [2.05, 4.69) is 21.2 Å². The third-order valence-corrected chi connectivity index (χ3v) is 4.55. The molecule has 3 aromatic rings. The largest absolute Gasteiger partial charge is 0.444 e. The van der Waals surface area contributed by atoms with Crippen LogP contribution in [0.5, 0.6) is 0 Å². The number of nitrogens with one attached hydrogen (secondary N) is 1. The van der Waals surface area contributed by atoms with Crippen molar-refractivity contribution in [1.29, 1.82) is 0 Å². The van der Waals surface area contributed by atoms with E-state index in [-0.39, 0.29) is 12.1 Å². The van der Waals surface area contributed by atoms with Crippen LogP contribution in [0.1, 0.15) is 26.3 Å². The van der Waals surface area contributed by atoms with Crippen LogP contribution in [0.2, 0.25) is 0 Å². The van der Waals surface area contributed by atoms with Gasteiger partial charge in [-0.1, -0.05) is 12.1 Å². The molecule has 0 saturated heterocycles. The molecule has 0 bridgehead atoms. The summed E-state index contributed by atoms with van der Waals surface area (Å²) in [6, 6.07) is 11.7. The zero-order chi connectivity index (χ0) is 20.5. The Morgan fingerprint density at radius 3 is 2.68 bits per heavy atom. The fourth-order valence-corrected chi connectivity index (χ4v) is 3.13. The average Bonchev–Trinajstić information content (AvgIpc) is 2.58. The molecule has 0 fully saturated rings. The van der Waals surface area contributed by atoms with E-state index in [1.807, 2.05) is 6.07 Å². The molecule has 1 heterocycles. The van der Waals surface area contributed by atoms with Crippen molar-refractivity contribution in [3.8, 4) is 0 Å². The quantitative estimate of drug-likeness (QED) is 0.593. The lowest BCUT2D eigenvalue weighted by molar-refractivity contribution is 0.0636. The minimum atomic E-state index is -0.593. The van der Waals surface area contributed by atoms with Gasteiger partial charge in [0.25, 0.3) is 5.56 Å². The fourth-order valence-electron chi connectivity index (χ4n) is 2.77. The first-order valence-corrected chi connectivity index (χ1v) is 9.49. The molecule has 0 saturated carbocycles. The minimum absolute atomic E-state index is 0.283. The first-order valence-electron chi connectivity index (χ1n) is 8.69. The van der Waals surface area contributed by atoms with Crippen LogP contribution in [0.4, 0.5) is 14.9 Å². The fraction of sp³-hybridized carbons (Fsp3) is 0.238. The number of benzene rings is 2. The van der Waals surface area contributed by atoms with E-state index in [1.165, 1.54) is 10.6 Å². The molecule has 1 amide bonds. The van der Waals surface area contributed by atoms with E-state index in [4.69, 9.17) is 4.74 Å². The highest BCUT2D eigenvalue weighted by Crippen LogP contribution is 2.21. The molecule has 28 heavy (non-hydrogen) atoms. The zero-order valence-electron chi connectivity index (χ0n) is 15.8. The summed E-state index contributed by atoms with van der Waals surface area (Å²) in [6.07, 6.45) is 1.12. The van der Waals surface area contributed by atoms with Gasteiger partial charge in [0.1, 0.15) is 11.4 Å². The second-order valence-corrected chi connectivity index (χ2v) is 8.28. The molecule has 7 heteroatoms. The average molecular weight is 447 g/mol. The Labute approximate surface area is 170 Å². The number of aromatic nitrogens is 1. The molecule has 1 aromatic heterocycles. The summed E-state index contributed by atoms with van der Waals surface area (Å²) in [4.78, 5) is 24.6.